The second-order valence-corrected chi connectivity index (χ2v) is 21.0. The first-order valence-corrected chi connectivity index (χ1v) is 24.9. The fourth-order valence-electron chi connectivity index (χ4n) is 3.99. The molecule has 0 rings (SSSR count). The van der Waals surface area contributed by atoms with Crippen LogP contribution in [0.4, 0.5) is 0 Å². The van der Waals surface area contributed by atoms with E-state index in [1.165, 1.54) is 0 Å². The second-order valence-electron chi connectivity index (χ2n) is 10.4. The monoisotopic (exact) mass is 1130 g/mol. The van der Waals surface area contributed by atoms with Gasteiger partial charge in [0.05, 0.1) is 6.29 Å². The molecule has 0 bridgehead atoms. The van der Waals surface area contributed by atoms with Crippen molar-refractivity contribution in [2.45, 2.75) is 0 Å². The van der Waals surface area contributed by atoms with Gasteiger partial charge in [-0.15, -0.1) is 0 Å². The summed E-state index contributed by atoms with van der Waals surface area (Å²) in [5, 5.41) is 0. The first-order chi connectivity index (χ1) is 21.1. The van der Waals surface area contributed by atoms with Gasteiger partial charge in [0, 0.05) is 90.1 Å². The third kappa shape index (κ3) is 80.4. The van der Waals surface area contributed by atoms with E-state index in [0.717, 1.165) is 4.90 Å². The third-order valence-electron chi connectivity index (χ3n) is 5.55. The summed E-state index contributed by atoms with van der Waals surface area (Å²) in [7, 11) is -38.0. The zero-order valence-corrected chi connectivity index (χ0v) is 69.8. The maximum atomic E-state index is 11.5. The van der Waals surface area contributed by atoms with Gasteiger partial charge >= 0.3 is 384 Å². The summed E-state index contributed by atoms with van der Waals surface area (Å²) >= 11 is 0. The van der Waals surface area contributed by atoms with Crippen LogP contribution in [0.25, 0.3) is 0 Å². The zero-order valence-electron chi connectivity index (χ0n) is 37.6. The molecule has 0 saturated carbocycles. The van der Waals surface area contributed by atoms with E-state index in [9.17, 15) is 95.6 Å². The molecule has 26 nitrogen and oxygen atoms in total. The van der Waals surface area contributed by atoms with E-state index in [-0.39, 0.29) is 384 Å². The van der Waals surface area contributed by atoms with E-state index in [1.807, 2.05) is 0 Å². The molecule has 290 valence electrons. The molecule has 0 aromatic heterocycles. The van der Waals surface area contributed by atoms with Gasteiger partial charge in [0.1, 0.15) is 7.60 Å². The predicted octanol–water partition coefficient (Wildman–Crippen LogP) is -50.7. The molecule has 1 unspecified atom stereocenters. The minimum Gasteiger partial charge on any atom is -0.810 e. The van der Waals surface area contributed by atoms with Crippen LogP contribution >= 0.6 is 53.2 Å². The average molecular weight is 1130 g/mol. The first kappa shape index (κ1) is 110. The van der Waals surface area contributed by atoms with Gasteiger partial charge in [0.2, 0.25) is 0 Å². The van der Waals surface area contributed by atoms with E-state index in [2.05, 4.69) is 0 Å². The topological polar surface area (TPSA) is 456 Å². The van der Waals surface area contributed by atoms with E-state index in [0.29, 0.717) is 19.6 Å². The summed E-state index contributed by atoms with van der Waals surface area (Å²) in [6.07, 6.45) is -9.86. The Morgan fingerprint density at radius 2 is 0.361 bits per heavy atom. The Labute approximate surface area is 643 Å². The minimum atomic E-state index is -5.47. The predicted molar refractivity (Wildman–Crippen MR) is 138 cm³/mol. The van der Waals surface area contributed by atoms with Crippen LogP contribution in [0.5, 0.6) is 0 Å². The summed E-state index contributed by atoms with van der Waals surface area (Å²) < 4.78 is 79.0. The van der Waals surface area contributed by atoms with Gasteiger partial charge in [-0.2, -0.15) is 0 Å². The molecule has 0 saturated heterocycles. The largest absolute Gasteiger partial charge is 1.00 e. The third-order valence-corrected chi connectivity index (χ3v) is 10.8. The molecule has 0 spiro atoms. The van der Waals surface area contributed by atoms with Crippen molar-refractivity contribution in [3.8, 4) is 0 Å². The van der Waals surface area contributed by atoms with Gasteiger partial charge in [-0.3, -0.25) is 24.5 Å². The van der Waals surface area contributed by atoms with E-state index < -0.39 is 150 Å². The van der Waals surface area contributed by atoms with E-state index in [1.54, 1.807) is 0 Å². The molecule has 0 radical (unpaired) electrons. The molecule has 0 heterocycles. The van der Waals surface area contributed by atoms with Crippen molar-refractivity contribution < 1.29 is 485 Å². The zero-order chi connectivity index (χ0) is 38.0. The van der Waals surface area contributed by atoms with Crippen LogP contribution in [0.3, 0.4) is 0 Å². The van der Waals surface area contributed by atoms with Crippen LogP contribution < -0.4 is 448 Å². The Morgan fingerprint density at radius 1 is 0.246 bits per heavy atom. The van der Waals surface area contributed by atoms with Gasteiger partial charge in [0.15, 0.2) is 0 Å². The normalized spacial score (nSPS) is 12.4. The van der Waals surface area contributed by atoms with Crippen LogP contribution in [0.2, 0.25) is 0 Å². The van der Waals surface area contributed by atoms with Crippen LogP contribution in [0.15, 0.2) is 0 Å². The van der Waals surface area contributed by atoms with Crippen LogP contribution in [0, 0.1) is 0 Å². The fraction of sp³-hybridized carbons (Fsp3) is 1.00. The molecule has 0 fully saturated rings. The van der Waals surface area contributed by atoms with Crippen molar-refractivity contribution >= 4 is 53.2 Å². The van der Waals surface area contributed by atoms with Crippen molar-refractivity contribution in [2.24, 2.45) is 0 Å². The summed E-state index contributed by atoms with van der Waals surface area (Å²) in [5.74, 6) is 0. The van der Waals surface area contributed by atoms with Gasteiger partial charge < -0.3 is 100 Å². The smallest absolute Gasteiger partial charge is 0.810 e. The fourth-order valence-corrected chi connectivity index (χ4v) is 9.56. The molecule has 46 heteroatoms. The second kappa shape index (κ2) is 53.2. The van der Waals surface area contributed by atoms with Gasteiger partial charge in [-0.05, 0) is 0 Å². The quantitative estimate of drug-likeness (QED) is 0.0621. The molecule has 0 aliphatic heterocycles. The Morgan fingerprint density at radius 3 is 0.492 bits per heavy atom. The number of hydrogen-bond acceptors (Lipinski definition) is 25. The molecular weight excluding hydrogens is 1100 g/mol. The molecular formula is C15H31N5Na13O21P7. The molecule has 0 aromatic rings. The molecule has 1 N–H and O–H groups in total. The van der Waals surface area contributed by atoms with Crippen molar-refractivity contribution in [1.82, 2.24) is 24.5 Å². The van der Waals surface area contributed by atoms with Crippen LogP contribution in [0.1, 0.15) is 0 Å². The first-order valence-electron chi connectivity index (χ1n) is 12.8. The number of nitrogens with zero attached hydrogens (tertiary/aromatic N) is 5. The number of rotatable bonds is 26. The summed E-state index contributed by atoms with van der Waals surface area (Å²) in [6, 6.07) is 0. The molecule has 0 aliphatic rings. The Kier molecular flexibility index (Phi) is 96.1. The van der Waals surface area contributed by atoms with Crippen molar-refractivity contribution in [1.29, 1.82) is 0 Å². The van der Waals surface area contributed by atoms with Crippen molar-refractivity contribution in [3.05, 3.63) is 0 Å². The molecule has 1 atom stereocenters. The Balaban J connectivity index is -0.000000142. The maximum absolute atomic E-state index is 11.5. The summed E-state index contributed by atoms with van der Waals surface area (Å²) in [5.41, 5.74) is 0. The van der Waals surface area contributed by atoms with Crippen LogP contribution in [-0.2, 0) is 32.0 Å². The van der Waals surface area contributed by atoms with Gasteiger partial charge in [-0.1, -0.05) is 45.6 Å². The minimum absolute atomic E-state index is 0. The van der Waals surface area contributed by atoms with E-state index in [4.69, 9.17) is 4.89 Å². The molecule has 0 aromatic carbocycles. The summed E-state index contributed by atoms with van der Waals surface area (Å²) in [6.45, 7) is -5.59. The maximum Gasteiger partial charge on any atom is 1.00 e. The molecule has 0 amide bonds. The van der Waals surface area contributed by atoms with Crippen molar-refractivity contribution in [2.75, 3.05) is 96.4 Å². The summed E-state index contributed by atoms with van der Waals surface area (Å²) in [4.78, 5) is 159. The van der Waals surface area contributed by atoms with Gasteiger partial charge in [-0.25, -0.2) is 0 Å². The standard InChI is InChI=1S/C15H44N5O21P7.13Na/c21-42(22,23)9-16(1-3-17(10-43(24,25)26)5-7-19(12-45(30,31)32)13-46(33,34)35)2-4-18(11-44(27,28)29)6-8-20(14-47(36,37)38)15-48(39,40)41;;;;;;;;;;;;;/h1-15H2,(H2,21,22,23)(H2,24,25,26)(H2,27,28,29)(H2,30,31,32)(H2,33,34,35)(H2,36,37,38)(H2,39,40,41);;;;;;;;;;;;;/q;13*+1/p-13. The SMILES string of the molecule is O=P([O-])([O-])CN(CCN(CCN(CP(=O)([O-])[O-])CP(=O)([O-])[O-])CP(=O)([O-])[O-])CCN(CCN(CP(=O)([O-])[O-])CP(=O)([O-])O)CP(=O)([O-])[O-].[Na+].[Na+].[Na+].[Na+].[Na+].[Na+].[Na+].[Na+].[Na+].[Na+].[Na+].[Na+].[Na+]. The van der Waals surface area contributed by atoms with Crippen molar-refractivity contribution in [3.63, 3.8) is 0 Å². The number of hydrogen-bond donors (Lipinski definition) is 1. The van der Waals surface area contributed by atoms with Crippen LogP contribution in [-0.4, -0.2) is 126 Å². The average Bonchev–Trinajstić information content (AvgIpc) is 2.75. The van der Waals surface area contributed by atoms with E-state index >= 15 is 0 Å². The Hall–Kier alpha value is 13.8. The van der Waals surface area contributed by atoms with Gasteiger partial charge in [0.25, 0.3) is 0 Å². The molecule has 61 heavy (non-hydrogen) atoms. The molecule has 0 aliphatic carbocycles. The Bertz CT molecular complexity index is 1240.